The number of aliphatic carboxylic acids is 1. The lowest BCUT2D eigenvalue weighted by Crippen LogP contribution is -2.43. The van der Waals surface area contributed by atoms with Crippen molar-refractivity contribution in [3.8, 4) is 5.75 Å². The maximum atomic E-state index is 12.5. The number of hydrogen-bond acceptors (Lipinski definition) is 3. The second-order valence-corrected chi connectivity index (χ2v) is 5.88. The predicted octanol–water partition coefficient (Wildman–Crippen LogP) is 3.07. The number of carbonyl (C=O) groups is 2. The van der Waals surface area contributed by atoms with Gasteiger partial charge in [0, 0.05) is 6.42 Å². The quantitative estimate of drug-likeness (QED) is 0.773. The number of carboxylic acid groups (broad SMARTS) is 1. The number of carbonyl (C=O) groups excluding carboxylic acids is 1. The molecular weight excluding hydrogens is 363 g/mol. The molecule has 0 aromatic heterocycles. The van der Waals surface area contributed by atoms with Gasteiger partial charge in [-0.1, -0.05) is 24.3 Å². The molecule has 0 spiro atoms. The molecule has 0 radical (unpaired) electrons. The molecule has 2 N–H and O–H groups in total. The van der Waals surface area contributed by atoms with E-state index in [9.17, 15) is 27.9 Å². The summed E-state index contributed by atoms with van der Waals surface area (Å²) in [5.74, 6) is -1.17. The van der Waals surface area contributed by atoms with Crippen molar-refractivity contribution in [2.24, 2.45) is 0 Å². The molecular formula is C19H18F3NO4. The van der Waals surface area contributed by atoms with Crippen LogP contribution in [0.3, 0.4) is 0 Å². The number of amides is 1. The lowest BCUT2D eigenvalue weighted by molar-refractivity contribution is -0.141. The zero-order valence-corrected chi connectivity index (χ0v) is 14.4. The molecule has 8 heteroatoms. The molecule has 27 heavy (non-hydrogen) atoms. The molecule has 0 heterocycles. The topological polar surface area (TPSA) is 75.6 Å². The Balaban J connectivity index is 1.98. The highest BCUT2D eigenvalue weighted by atomic mass is 19.4. The van der Waals surface area contributed by atoms with E-state index in [2.05, 4.69) is 5.32 Å². The summed E-state index contributed by atoms with van der Waals surface area (Å²) in [5.41, 5.74) is 0.238. The van der Waals surface area contributed by atoms with Gasteiger partial charge in [0.2, 0.25) is 5.91 Å². The van der Waals surface area contributed by atoms with Gasteiger partial charge in [-0.3, -0.25) is 4.79 Å². The van der Waals surface area contributed by atoms with Gasteiger partial charge in [0.1, 0.15) is 11.8 Å². The Labute approximate surface area is 153 Å². The summed E-state index contributed by atoms with van der Waals surface area (Å²) in [5, 5.41) is 11.7. The molecule has 0 bridgehead atoms. The van der Waals surface area contributed by atoms with Gasteiger partial charge in [0.05, 0.1) is 19.1 Å². The van der Waals surface area contributed by atoms with Crippen molar-refractivity contribution in [3.05, 3.63) is 65.2 Å². The van der Waals surface area contributed by atoms with Crippen LogP contribution >= 0.6 is 0 Å². The minimum Gasteiger partial charge on any atom is -0.497 e. The van der Waals surface area contributed by atoms with Gasteiger partial charge in [-0.2, -0.15) is 13.2 Å². The summed E-state index contributed by atoms with van der Waals surface area (Å²) >= 11 is 0. The summed E-state index contributed by atoms with van der Waals surface area (Å²) < 4.78 is 42.7. The summed E-state index contributed by atoms with van der Waals surface area (Å²) in [7, 11) is 1.51. The Morgan fingerprint density at radius 3 is 2.07 bits per heavy atom. The van der Waals surface area contributed by atoms with E-state index in [1.807, 2.05) is 0 Å². The smallest absolute Gasteiger partial charge is 0.416 e. The van der Waals surface area contributed by atoms with Crippen LogP contribution in [0.2, 0.25) is 0 Å². The van der Waals surface area contributed by atoms with E-state index in [0.29, 0.717) is 16.9 Å². The molecule has 0 fully saturated rings. The number of carboxylic acids is 1. The number of methoxy groups -OCH3 is 1. The van der Waals surface area contributed by atoms with Gasteiger partial charge in [0.15, 0.2) is 0 Å². The molecule has 0 aliphatic carbocycles. The third-order valence-electron chi connectivity index (χ3n) is 3.88. The molecule has 1 amide bonds. The minimum absolute atomic E-state index is 0.0675. The van der Waals surface area contributed by atoms with Crippen LogP contribution in [0.4, 0.5) is 13.2 Å². The number of alkyl halides is 3. The maximum Gasteiger partial charge on any atom is 0.416 e. The Kier molecular flexibility index (Phi) is 6.44. The van der Waals surface area contributed by atoms with E-state index in [4.69, 9.17) is 4.74 Å². The van der Waals surface area contributed by atoms with Gasteiger partial charge in [-0.15, -0.1) is 0 Å². The molecule has 0 unspecified atom stereocenters. The standard InChI is InChI=1S/C19H18F3NO4/c1-27-15-8-4-12(5-9-15)10-16(18(25)26)23-17(24)11-13-2-6-14(7-3-13)19(20,21)22/h2-9,16H,10-11H2,1H3,(H,23,24)(H,25,26)/t16-/m1/s1. The zero-order valence-electron chi connectivity index (χ0n) is 14.4. The minimum atomic E-state index is -4.45. The maximum absolute atomic E-state index is 12.5. The highest BCUT2D eigenvalue weighted by Crippen LogP contribution is 2.29. The van der Waals surface area contributed by atoms with Gasteiger partial charge in [-0.25, -0.2) is 4.79 Å². The van der Waals surface area contributed by atoms with Crippen LogP contribution < -0.4 is 10.1 Å². The van der Waals surface area contributed by atoms with Crippen LogP contribution in [0.1, 0.15) is 16.7 Å². The number of benzene rings is 2. The molecule has 144 valence electrons. The Bertz CT molecular complexity index is 786. The number of hydrogen-bond donors (Lipinski definition) is 2. The van der Waals surface area contributed by atoms with E-state index >= 15 is 0 Å². The van der Waals surface area contributed by atoms with E-state index in [1.54, 1.807) is 24.3 Å². The summed E-state index contributed by atoms with van der Waals surface area (Å²) in [6.07, 6.45) is -4.60. The van der Waals surface area contributed by atoms with Crippen molar-refractivity contribution in [2.45, 2.75) is 25.1 Å². The van der Waals surface area contributed by atoms with E-state index in [1.165, 1.54) is 19.2 Å². The molecule has 2 aromatic rings. The van der Waals surface area contributed by atoms with Gasteiger partial charge >= 0.3 is 12.1 Å². The predicted molar refractivity (Wildman–Crippen MR) is 91.4 cm³/mol. The summed E-state index contributed by atoms with van der Waals surface area (Å²) in [6, 6.07) is 9.75. The molecule has 0 saturated carbocycles. The second-order valence-electron chi connectivity index (χ2n) is 5.88. The molecule has 0 aliphatic rings. The molecule has 0 saturated heterocycles. The molecule has 0 aliphatic heterocycles. The van der Waals surface area contributed by atoms with Crippen molar-refractivity contribution in [1.82, 2.24) is 5.32 Å². The van der Waals surface area contributed by atoms with Crippen molar-refractivity contribution in [3.63, 3.8) is 0 Å². The Morgan fingerprint density at radius 1 is 1.04 bits per heavy atom. The zero-order chi connectivity index (χ0) is 20.0. The van der Waals surface area contributed by atoms with E-state index in [-0.39, 0.29) is 12.8 Å². The van der Waals surface area contributed by atoms with Crippen LogP contribution in [0.5, 0.6) is 5.75 Å². The monoisotopic (exact) mass is 381 g/mol. The van der Waals surface area contributed by atoms with E-state index < -0.39 is 29.7 Å². The normalized spacial score (nSPS) is 12.3. The molecule has 5 nitrogen and oxygen atoms in total. The number of rotatable bonds is 7. The Morgan fingerprint density at radius 2 is 1.59 bits per heavy atom. The molecule has 2 rings (SSSR count). The van der Waals surface area contributed by atoms with Crippen molar-refractivity contribution < 1.29 is 32.6 Å². The van der Waals surface area contributed by atoms with Crippen LogP contribution in [0, 0.1) is 0 Å². The largest absolute Gasteiger partial charge is 0.497 e. The van der Waals surface area contributed by atoms with Crippen molar-refractivity contribution in [2.75, 3.05) is 7.11 Å². The third-order valence-corrected chi connectivity index (χ3v) is 3.88. The van der Waals surface area contributed by atoms with Gasteiger partial charge in [-0.05, 0) is 35.4 Å². The van der Waals surface area contributed by atoms with Crippen molar-refractivity contribution in [1.29, 1.82) is 0 Å². The van der Waals surface area contributed by atoms with Crippen LogP contribution in [-0.2, 0) is 28.6 Å². The first-order chi connectivity index (χ1) is 12.7. The SMILES string of the molecule is COc1ccc(C[C@@H](NC(=O)Cc2ccc(C(F)(F)F)cc2)C(=O)O)cc1. The fraction of sp³-hybridized carbons (Fsp3) is 0.263. The lowest BCUT2D eigenvalue weighted by Gasteiger charge is -2.15. The Hall–Kier alpha value is -3.03. The second kappa shape index (κ2) is 8.57. The first-order valence-corrected chi connectivity index (χ1v) is 8.00. The lowest BCUT2D eigenvalue weighted by atomic mass is 10.0. The molecule has 2 aromatic carbocycles. The van der Waals surface area contributed by atoms with E-state index in [0.717, 1.165) is 12.1 Å². The third kappa shape index (κ3) is 6.02. The fourth-order valence-electron chi connectivity index (χ4n) is 2.44. The highest BCUT2D eigenvalue weighted by Gasteiger charge is 2.30. The summed E-state index contributed by atoms with van der Waals surface area (Å²) in [6.45, 7) is 0. The number of ether oxygens (including phenoxy) is 1. The van der Waals surface area contributed by atoms with Gasteiger partial charge < -0.3 is 15.2 Å². The highest BCUT2D eigenvalue weighted by molar-refractivity contribution is 5.85. The molecule has 1 atom stereocenters. The average molecular weight is 381 g/mol. The number of nitrogens with one attached hydrogen (secondary N) is 1. The van der Waals surface area contributed by atoms with Crippen molar-refractivity contribution >= 4 is 11.9 Å². The first-order valence-electron chi connectivity index (χ1n) is 8.00. The van der Waals surface area contributed by atoms with Crippen LogP contribution in [-0.4, -0.2) is 30.1 Å². The summed E-state index contributed by atoms with van der Waals surface area (Å²) in [4.78, 5) is 23.5. The number of halogens is 3. The first kappa shape index (κ1) is 20.3. The fourth-order valence-corrected chi connectivity index (χ4v) is 2.44. The van der Waals surface area contributed by atoms with Crippen LogP contribution in [0.15, 0.2) is 48.5 Å². The average Bonchev–Trinajstić information content (AvgIpc) is 2.61. The van der Waals surface area contributed by atoms with Gasteiger partial charge in [0.25, 0.3) is 0 Å². The van der Waals surface area contributed by atoms with Crippen LogP contribution in [0.25, 0.3) is 0 Å².